The Morgan fingerprint density at radius 2 is 1.89 bits per heavy atom. The van der Waals surface area contributed by atoms with Gasteiger partial charge in [0.2, 0.25) is 0 Å². The molecule has 8 heteroatoms. The fourth-order valence-corrected chi connectivity index (χ4v) is 2.72. The second kappa shape index (κ2) is 6.83. The van der Waals surface area contributed by atoms with E-state index in [9.17, 15) is 9.18 Å². The first-order valence-electron chi connectivity index (χ1n) is 8.20. The van der Waals surface area contributed by atoms with Gasteiger partial charge in [-0.3, -0.25) is 4.79 Å². The zero-order chi connectivity index (χ0) is 18.8. The first-order valence-corrected chi connectivity index (χ1v) is 8.20. The van der Waals surface area contributed by atoms with E-state index in [1.54, 1.807) is 36.1 Å². The van der Waals surface area contributed by atoms with Gasteiger partial charge in [0, 0.05) is 36.6 Å². The fourth-order valence-electron chi connectivity index (χ4n) is 2.72. The van der Waals surface area contributed by atoms with Gasteiger partial charge in [-0.15, -0.1) is 0 Å². The summed E-state index contributed by atoms with van der Waals surface area (Å²) in [5.41, 5.74) is 2.85. The molecule has 0 saturated heterocycles. The van der Waals surface area contributed by atoms with Crippen LogP contribution in [-0.4, -0.2) is 32.0 Å². The van der Waals surface area contributed by atoms with Crippen molar-refractivity contribution in [2.45, 2.75) is 0 Å². The number of rotatable bonds is 4. The molecule has 0 bridgehead atoms. The molecule has 2 N–H and O–H groups in total. The molecule has 3 heterocycles. The van der Waals surface area contributed by atoms with E-state index in [2.05, 4.69) is 25.6 Å². The lowest BCUT2D eigenvalue weighted by Gasteiger charge is -2.05. The average Bonchev–Trinajstić information content (AvgIpc) is 3.14. The molecular formula is C19H15FN6O. The molecule has 0 aliphatic carbocycles. The molecule has 0 aliphatic heterocycles. The highest BCUT2D eigenvalue weighted by molar-refractivity contribution is 5.81. The van der Waals surface area contributed by atoms with Gasteiger partial charge in [0.1, 0.15) is 17.3 Å². The molecule has 0 spiro atoms. The van der Waals surface area contributed by atoms with Gasteiger partial charge < -0.3 is 5.32 Å². The Kier molecular flexibility index (Phi) is 4.21. The molecule has 0 aliphatic rings. The molecule has 0 saturated carbocycles. The number of aromatic amines is 1. The minimum absolute atomic E-state index is 0.294. The largest absolute Gasteiger partial charge is 0.373 e. The van der Waals surface area contributed by atoms with E-state index in [4.69, 9.17) is 0 Å². The van der Waals surface area contributed by atoms with Gasteiger partial charge in [0.05, 0.1) is 0 Å². The Hall–Kier alpha value is -3.81. The number of anilines is 1. The van der Waals surface area contributed by atoms with Crippen molar-refractivity contribution in [3.05, 3.63) is 77.1 Å². The van der Waals surface area contributed by atoms with E-state index in [-0.39, 0.29) is 11.4 Å². The Balaban J connectivity index is 1.90. The summed E-state index contributed by atoms with van der Waals surface area (Å²) in [6.07, 6.45) is 3.51. The number of nitrogens with zero attached hydrogens (tertiary/aromatic N) is 4. The summed E-state index contributed by atoms with van der Waals surface area (Å²) >= 11 is 0. The van der Waals surface area contributed by atoms with E-state index >= 15 is 0 Å². The summed E-state index contributed by atoms with van der Waals surface area (Å²) in [6, 6.07) is 12.9. The molecule has 4 aromatic rings. The molecular weight excluding hydrogens is 347 g/mol. The van der Waals surface area contributed by atoms with Gasteiger partial charge in [-0.1, -0.05) is 0 Å². The van der Waals surface area contributed by atoms with Crippen LogP contribution >= 0.6 is 0 Å². The highest BCUT2D eigenvalue weighted by Crippen LogP contribution is 2.32. The van der Waals surface area contributed by atoms with Crippen LogP contribution in [0.4, 0.5) is 10.2 Å². The average molecular weight is 362 g/mol. The first kappa shape index (κ1) is 16.6. The van der Waals surface area contributed by atoms with Crippen LogP contribution in [0, 0.1) is 5.82 Å². The Labute approximate surface area is 153 Å². The zero-order valence-corrected chi connectivity index (χ0v) is 14.3. The van der Waals surface area contributed by atoms with Gasteiger partial charge in [-0.05, 0) is 48.0 Å². The van der Waals surface area contributed by atoms with Crippen molar-refractivity contribution in [3.63, 3.8) is 0 Å². The maximum atomic E-state index is 13.3. The van der Waals surface area contributed by atoms with Crippen LogP contribution in [0.2, 0.25) is 0 Å². The Bertz CT molecular complexity index is 1130. The van der Waals surface area contributed by atoms with Crippen molar-refractivity contribution in [1.29, 1.82) is 0 Å². The van der Waals surface area contributed by atoms with Gasteiger partial charge in [-0.2, -0.15) is 10.2 Å². The molecule has 0 amide bonds. The van der Waals surface area contributed by atoms with E-state index in [1.165, 1.54) is 18.2 Å². The van der Waals surface area contributed by atoms with Crippen LogP contribution < -0.4 is 10.9 Å². The zero-order valence-electron chi connectivity index (χ0n) is 14.3. The Morgan fingerprint density at radius 1 is 1.07 bits per heavy atom. The smallest absolute Gasteiger partial charge is 0.264 e. The molecule has 3 aromatic heterocycles. The normalized spacial score (nSPS) is 10.7. The van der Waals surface area contributed by atoms with Crippen LogP contribution in [0.3, 0.4) is 0 Å². The van der Waals surface area contributed by atoms with Crippen LogP contribution in [-0.2, 0) is 0 Å². The first-order chi connectivity index (χ1) is 13.1. The van der Waals surface area contributed by atoms with Gasteiger partial charge in [0.15, 0.2) is 5.82 Å². The number of benzene rings is 1. The van der Waals surface area contributed by atoms with Crippen molar-refractivity contribution in [1.82, 2.24) is 25.0 Å². The molecule has 0 radical (unpaired) electrons. The molecule has 0 fully saturated rings. The monoisotopic (exact) mass is 362 g/mol. The third-order valence-electron chi connectivity index (χ3n) is 4.06. The second-order valence-corrected chi connectivity index (χ2v) is 5.80. The van der Waals surface area contributed by atoms with Crippen LogP contribution in [0.25, 0.3) is 28.2 Å². The fraction of sp³-hybridized carbons (Fsp3) is 0.0526. The highest BCUT2D eigenvalue weighted by atomic mass is 19.1. The molecule has 1 aromatic carbocycles. The number of pyridine rings is 1. The molecule has 0 atom stereocenters. The van der Waals surface area contributed by atoms with E-state index < -0.39 is 0 Å². The summed E-state index contributed by atoms with van der Waals surface area (Å²) in [4.78, 5) is 15.5. The number of halogens is 1. The quantitative estimate of drug-likeness (QED) is 0.583. The topological polar surface area (TPSA) is 88.5 Å². The number of nitrogens with one attached hydrogen (secondary N) is 2. The second-order valence-electron chi connectivity index (χ2n) is 5.80. The maximum Gasteiger partial charge on any atom is 0.264 e. The summed E-state index contributed by atoms with van der Waals surface area (Å²) < 4.78 is 14.9. The van der Waals surface area contributed by atoms with Gasteiger partial charge in [0.25, 0.3) is 5.56 Å². The number of aromatic nitrogens is 5. The minimum atomic E-state index is -0.316. The van der Waals surface area contributed by atoms with Gasteiger partial charge >= 0.3 is 0 Å². The molecule has 134 valence electrons. The molecule has 27 heavy (non-hydrogen) atoms. The van der Waals surface area contributed by atoms with Crippen molar-refractivity contribution in [2.24, 2.45) is 0 Å². The predicted molar refractivity (Wildman–Crippen MR) is 100 cm³/mol. The summed E-state index contributed by atoms with van der Waals surface area (Å²) in [7, 11) is 1.79. The predicted octanol–water partition coefficient (Wildman–Crippen LogP) is 2.87. The van der Waals surface area contributed by atoms with Crippen molar-refractivity contribution >= 4 is 5.82 Å². The minimum Gasteiger partial charge on any atom is -0.373 e. The lowest BCUT2D eigenvalue weighted by atomic mass is 10.0. The van der Waals surface area contributed by atoms with E-state index in [0.29, 0.717) is 17.3 Å². The molecule has 4 rings (SSSR count). The van der Waals surface area contributed by atoms with Crippen LogP contribution in [0.5, 0.6) is 0 Å². The van der Waals surface area contributed by atoms with Crippen LogP contribution in [0.1, 0.15) is 0 Å². The van der Waals surface area contributed by atoms with E-state index in [1.807, 2.05) is 18.3 Å². The summed E-state index contributed by atoms with van der Waals surface area (Å²) in [6.45, 7) is 0. The van der Waals surface area contributed by atoms with Gasteiger partial charge in [-0.25, -0.2) is 19.2 Å². The standard InChI is InChI=1S/C19H15FN6O/c1-21-16-10-13(8-9-22-16)15-11-26(17-6-7-18(27)24-23-17)25-19(15)12-2-4-14(20)5-3-12/h2-11H,1H3,(H,21,22)(H,24,27). The third-order valence-corrected chi connectivity index (χ3v) is 4.06. The van der Waals surface area contributed by atoms with E-state index in [0.717, 1.165) is 16.7 Å². The summed E-state index contributed by atoms with van der Waals surface area (Å²) in [5, 5.41) is 14.0. The third kappa shape index (κ3) is 3.32. The number of hydrogen-bond donors (Lipinski definition) is 2. The lowest BCUT2D eigenvalue weighted by Crippen LogP contribution is -2.09. The maximum absolute atomic E-state index is 13.3. The van der Waals surface area contributed by atoms with Crippen molar-refractivity contribution < 1.29 is 4.39 Å². The number of H-pyrrole nitrogens is 1. The Morgan fingerprint density at radius 3 is 2.59 bits per heavy atom. The molecule has 7 nitrogen and oxygen atoms in total. The van der Waals surface area contributed by atoms with Crippen LogP contribution in [0.15, 0.2) is 65.7 Å². The highest BCUT2D eigenvalue weighted by Gasteiger charge is 2.15. The molecule has 0 unspecified atom stereocenters. The number of hydrogen-bond acceptors (Lipinski definition) is 5. The van der Waals surface area contributed by atoms with Crippen molar-refractivity contribution in [2.75, 3.05) is 12.4 Å². The lowest BCUT2D eigenvalue weighted by molar-refractivity contribution is 0.628. The van der Waals surface area contributed by atoms with Crippen molar-refractivity contribution in [3.8, 4) is 28.2 Å². The summed E-state index contributed by atoms with van der Waals surface area (Å²) in [5.74, 6) is 0.864. The SMILES string of the molecule is CNc1cc(-c2cn(-c3ccc(=O)[nH]n3)nc2-c2ccc(F)cc2)ccn1.